The van der Waals surface area contributed by atoms with Gasteiger partial charge in [0.1, 0.15) is 25.0 Å². The van der Waals surface area contributed by atoms with Crippen molar-refractivity contribution in [3.8, 4) is 17.1 Å². The third-order valence-electron chi connectivity index (χ3n) is 4.71. The fraction of sp³-hybridized carbons (Fsp3) is 0.208. The minimum atomic E-state index is 0.251. The highest BCUT2D eigenvalue weighted by atomic mass is 16.5. The van der Waals surface area contributed by atoms with Crippen LogP contribution in [0.1, 0.15) is 12.5 Å². The summed E-state index contributed by atoms with van der Waals surface area (Å²) >= 11 is 0. The van der Waals surface area contributed by atoms with Crippen LogP contribution in [0.3, 0.4) is 0 Å². The molecular formula is C24H30N6O3. The number of anilines is 1. The van der Waals surface area contributed by atoms with Crippen LogP contribution in [0.4, 0.5) is 5.82 Å². The second-order valence-electron chi connectivity index (χ2n) is 6.83. The number of hydrogen-bond donors (Lipinski definition) is 2. The molecule has 4 N–H and O–H groups in total. The molecule has 0 amide bonds. The van der Waals surface area contributed by atoms with Crippen molar-refractivity contribution >= 4 is 18.4 Å². The Kier molecular flexibility index (Phi) is 9.51. The van der Waals surface area contributed by atoms with Gasteiger partial charge in [-0.1, -0.05) is 30.3 Å². The predicted molar refractivity (Wildman–Crippen MR) is 130 cm³/mol. The fourth-order valence-electron chi connectivity index (χ4n) is 2.76. The molecular weight excluding hydrogens is 420 g/mol. The molecule has 0 radical (unpaired) electrons. The van der Waals surface area contributed by atoms with Crippen molar-refractivity contribution in [2.24, 2.45) is 11.5 Å². The molecule has 0 aliphatic heterocycles. The number of ether oxygens (including phenoxy) is 2. The number of methoxy groups -OCH3 is 1. The molecule has 0 unspecified atom stereocenters. The summed E-state index contributed by atoms with van der Waals surface area (Å²) in [5.41, 5.74) is 14.5. The summed E-state index contributed by atoms with van der Waals surface area (Å²) in [5.74, 6) is 2.10. The Morgan fingerprint density at radius 2 is 1.88 bits per heavy atom. The average Bonchev–Trinajstić information content (AvgIpc) is 3.33. The molecule has 33 heavy (non-hydrogen) atoms. The average molecular weight is 451 g/mol. The van der Waals surface area contributed by atoms with Gasteiger partial charge in [0.2, 0.25) is 0 Å². The van der Waals surface area contributed by atoms with Crippen LogP contribution in [0.5, 0.6) is 5.75 Å². The SMILES string of the molecule is C=O.CCN(C)c1cc(-c2ccc(OCc3ccccc3)cn2)n(/C(N)=C/C=C(\N)OC)n1. The molecule has 9 heteroatoms. The molecule has 0 saturated carbocycles. The molecule has 9 nitrogen and oxygen atoms in total. The standard InChI is InChI=1S/C23H28N6O2.CH2O/c1-4-28(2)23-14-20(29(27-23)21(24)12-13-22(25)30-3)19-11-10-18(15-26-19)31-16-17-8-6-5-7-9-17;1-2/h5-15H,4,16,24-25H2,1-3H3;1H2/b21-12+,22-13+;. The maximum atomic E-state index is 8.00. The monoisotopic (exact) mass is 450 g/mol. The molecule has 2 aromatic heterocycles. The Bertz CT molecular complexity index is 1060. The van der Waals surface area contributed by atoms with E-state index in [1.165, 1.54) is 7.11 Å². The van der Waals surface area contributed by atoms with E-state index in [0.717, 1.165) is 29.3 Å². The zero-order valence-corrected chi connectivity index (χ0v) is 19.1. The lowest BCUT2D eigenvalue weighted by atomic mass is 10.2. The topological polar surface area (TPSA) is 122 Å². The number of rotatable bonds is 9. The van der Waals surface area contributed by atoms with E-state index in [4.69, 9.17) is 25.7 Å². The zero-order valence-electron chi connectivity index (χ0n) is 19.1. The van der Waals surface area contributed by atoms with Gasteiger partial charge in [-0.05, 0) is 30.7 Å². The normalized spacial score (nSPS) is 11.4. The summed E-state index contributed by atoms with van der Waals surface area (Å²) < 4.78 is 12.4. The van der Waals surface area contributed by atoms with Crippen LogP contribution in [0.25, 0.3) is 17.2 Å². The maximum absolute atomic E-state index is 8.00. The van der Waals surface area contributed by atoms with Crippen LogP contribution in [0, 0.1) is 0 Å². The lowest BCUT2D eigenvalue weighted by Crippen LogP contribution is -2.17. The van der Waals surface area contributed by atoms with Crippen LogP contribution >= 0.6 is 0 Å². The molecule has 0 bridgehead atoms. The molecule has 3 aromatic rings. The Hall–Kier alpha value is -4.27. The molecule has 3 rings (SSSR count). The van der Waals surface area contributed by atoms with E-state index in [1.807, 2.05) is 67.3 Å². The number of nitrogens with zero attached hydrogens (tertiary/aromatic N) is 4. The molecule has 2 heterocycles. The molecule has 0 saturated heterocycles. The van der Waals surface area contributed by atoms with Crippen molar-refractivity contribution in [2.45, 2.75) is 13.5 Å². The van der Waals surface area contributed by atoms with Gasteiger partial charge in [-0.3, -0.25) is 4.98 Å². The lowest BCUT2D eigenvalue weighted by Gasteiger charge is -2.12. The minimum Gasteiger partial charge on any atom is -0.487 e. The van der Waals surface area contributed by atoms with Crippen molar-refractivity contribution in [3.05, 3.63) is 78.3 Å². The highest BCUT2D eigenvalue weighted by Gasteiger charge is 2.15. The molecule has 0 aliphatic rings. The van der Waals surface area contributed by atoms with Gasteiger partial charge < -0.3 is 30.6 Å². The lowest BCUT2D eigenvalue weighted by molar-refractivity contribution is -0.0979. The summed E-state index contributed by atoms with van der Waals surface area (Å²) in [6.07, 6.45) is 4.92. The molecule has 174 valence electrons. The minimum absolute atomic E-state index is 0.251. The van der Waals surface area contributed by atoms with E-state index in [0.29, 0.717) is 18.2 Å². The highest BCUT2D eigenvalue weighted by Crippen LogP contribution is 2.26. The van der Waals surface area contributed by atoms with E-state index < -0.39 is 0 Å². The number of allylic oxidation sites excluding steroid dienone is 2. The number of hydrogen-bond acceptors (Lipinski definition) is 8. The first kappa shape index (κ1) is 25.0. The van der Waals surface area contributed by atoms with E-state index in [1.54, 1.807) is 23.0 Å². The Morgan fingerprint density at radius 1 is 1.15 bits per heavy atom. The van der Waals surface area contributed by atoms with Crippen LogP contribution < -0.4 is 21.1 Å². The number of carbonyl (C=O) groups is 1. The van der Waals surface area contributed by atoms with E-state index in [9.17, 15) is 0 Å². The van der Waals surface area contributed by atoms with Gasteiger partial charge in [-0.2, -0.15) is 0 Å². The summed E-state index contributed by atoms with van der Waals surface area (Å²) in [6.45, 7) is 5.33. The quantitative estimate of drug-likeness (QED) is 0.377. The highest BCUT2D eigenvalue weighted by molar-refractivity contribution is 5.66. The van der Waals surface area contributed by atoms with Gasteiger partial charge in [-0.15, -0.1) is 5.10 Å². The van der Waals surface area contributed by atoms with Crippen molar-refractivity contribution in [3.63, 3.8) is 0 Å². The molecule has 1 aromatic carbocycles. The van der Waals surface area contributed by atoms with Gasteiger partial charge >= 0.3 is 0 Å². The molecule has 0 spiro atoms. The maximum Gasteiger partial charge on any atom is 0.183 e. The number of pyridine rings is 1. The van der Waals surface area contributed by atoms with Crippen molar-refractivity contribution in [1.29, 1.82) is 0 Å². The summed E-state index contributed by atoms with van der Waals surface area (Å²) in [4.78, 5) is 14.6. The number of carbonyl (C=O) groups excluding carboxylic acids is 1. The molecule has 0 atom stereocenters. The van der Waals surface area contributed by atoms with Crippen LogP contribution in [0.15, 0.2) is 72.8 Å². The van der Waals surface area contributed by atoms with Crippen LogP contribution in [-0.2, 0) is 16.1 Å². The van der Waals surface area contributed by atoms with Crippen LogP contribution in [-0.4, -0.2) is 42.3 Å². The third kappa shape index (κ3) is 6.86. The van der Waals surface area contributed by atoms with Gasteiger partial charge in [0.15, 0.2) is 11.7 Å². The van der Waals surface area contributed by atoms with Gasteiger partial charge in [-0.25, -0.2) is 4.68 Å². The summed E-state index contributed by atoms with van der Waals surface area (Å²) in [7, 11) is 3.46. The summed E-state index contributed by atoms with van der Waals surface area (Å²) in [6, 6.07) is 15.7. The Labute approximate surface area is 193 Å². The zero-order chi connectivity index (χ0) is 24.2. The third-order valence-corrected chi connectivity index (χ3v) is 4.71. The smallest absolute Gasteiger partial charge is 0.183 e. The van der Waals surface area contributed by atoms with E-state index in [-0.39, 0.29) is 5.88 Å². The van der Waals surface area contributed by atoms with Gasteiger partial charge in [0.25, 0.3) is 0 Å². The first-order valence-corrected chi connectivity index (χ1v) is 10.2. The first-order valence-electron chi connectivity index (χ1n) is 10.2. The second-order valence-corrected chi connectivity index (χ2v) is 6.83. The largest absolute Gasteiger partial charge is 0.487 e. The number of aromatic nitrogens is 3. The first-order chi connectivity index (χ1) is 16.0. The molecule has 0 fully saturated rings. The van der Waals surface area contributed by atoms with Gasteiger partial charge in [0.05, 0.1) is 24.7 Å². The second kappa shape index (κ2) is 12.6. The predicted octanol–water partition coefficient (Wildman–Crippen LogP) is 3.00. The Balaban J connectivity index is 0.00000187. The number of benzene rings is 1. The fourth-order valence-corrected chi connectivity index (χ4v) is 2.76. The van der Waals surface area contributed by atoms with Crippen molar-refractivity contribution in [1.82, 2.24) is 14.8 Å². The molecule has 0 aliphatic carbocycles. The summed E-state index contributed by atoms with van der Waals surface area (Å²) in [5, 5.41) is 4.63. The number of nitrogens with two attached hydrogens (primary N) is 2. The Morgan fingerprint density at radius 3 is 2.48 bits per heavy atom. The van der Waals surface area contributed by atoms with Gasteiger partial charge in [0, 0.05) is 25.7 Å². The van der Waals surface area contributed by atoms with Crippen molar-refractivity contribution < 1.29 is 14.3 Å². The van der Waals surface area contributed by atoms with Crippen LogP contribution in [0.2, 0.25) is 0 Å². The van der Waals surface area contributed by atoms with E-state index >= 15 is 0 Å². The van der Waals surface area contributed by atoms with E-state index in [2.05, 4.69) is 17.0 Å². The van der Waals surface area contributed by atoms with Crippen molar-refractivity contribution in [2.75, 3.05) is 25.6 Å².